The zero-order valence-corrected chi connectivity index (χ0v) is 9.92. The van der Waals surface area contributed by atoms with Crippen LogP contribution in [0.25, 0.3) is 0 Å². The van der Waals surface area contributed by atoms with E-state index in [2.05, 4.69) is 0 Å². The van der Waals surface area contributed by atoms with Crippen molar-refractivity contribution in [2.75, 3.05) is 14.2 Å². The van der Waals surface area contributed by atoms with Gasteiger partial charge in [0.1, 0.15) is 5.76 Å². The molecule has 1 N–H and O–H groups in total. The minimum atomic E-state index is -1.02. The normalized spacial score (nSPS) is 13.2. The van der Waals surface area contributed by atoms with Gasteiger partial charge in [-0.15, -0.1) is 0 Å². The van der Waals surface area contributed by atoms with Crippen molar-refractivity contribution in [1.29, 1.82) is 0 Å². The van der Waals surface area contributed by atoms with E-state index in [1.165, 1.54) is 7.11 Å². The van der Waals surface area contributed by atoms with Crippen LogP contribution in [0.1, 0.15) is 18.1 Å². The van der Waals surface area contributed by atoms with Crippen LogP contribution >= 0.6 is 0 Å². The summed E-state index contributed by atoms with van der Waals surface area (Å²) < 4.78 is 10.4. The molecule has 1 rings (SSSR count). The quantitative estimate of drug-likeness (QED) is 0.608. The van der Waals surface area contributed by atoms with Crippen molar-refractivity contribution in [3.8, 4) is 0 Å². The Bertz CT molecular complexity index is 384. The van der Waals surface area contributed by atoms with Crippen LogP contribution in [0.5, 0.6) is 0 Å². The van der Waals surface area contributed by atoms with Crippen LogP contribution in [0.3, 0.4) is 0 Å². The van der Waals surface area contributed by atoms with Gasteiger partial charge in [-0.1, -0.05) is 30.3 Å². The zero-order chi connectivity index (χ0) is 12.7. The second-order valence-corrected chi connectivity index (χ2v) is 3.49. The van der Waals surface area contributed by atoms with Gasteiger partial charge in [0, 0.05) is 13.5 Å². The van der Waals surface area contributed by atoms with E-state index in [0.29, 0.717) is 12.2 Å². The molecule has 0 amide bonds. The van der Waals surface area contributed by atoms with Gasteiger partial charge in [0.25, 0.3) is 0 Å². The highest BCUT2D eigenvalue weighted by Gasteiger charge is 2.13. The second kappa shape index (κ2) is 6.70. The summed E-state index contributed by atoms with van der Waals surface area (Å²) in [7, 11) is 3.04. The lowest BCUT2D eigenvalue weighted by molar-refractivity contribution is -0.131. The van der Waals surface area contributed by atoms with E-state index in [1.54, 1.807) is 7.11 Å². The Balaban J connectivity index is 2.79. The third kappa shape index (κ3) is 4.28. The molecule has 92 valence electrons. The van der Waals surface area contributed by atoms with Crippen molar-refractivity contribution in [3.05, 3.63) is 47.7 Å². The minimum absolute atomic E-state index is 0.207. The van der Waals surface area contributed by atoms with Gasteiger partial charge in [0.15, 0.2) is 0 Å². The number of hydrogen-bond acceptors (Lipinski definition) is 3. The van der Waals surface area contributed by atoms with Gasteiger partial charge >= 0.3 is 5.97 Å². The summed E-state index contributed by atoms with van der Waals surface area (Å²) in [5.41, 5.74) is 0.989. The predicted molar refractivity (Wildman–Crippen MR) is 63.5 cm³/mol. The molecule has 1 atom stereocenters. The van der Waals surface area contributed by atoms with Crippen LogP contribution in [-0.4, -0.2) is 25.3 Å². The number of carboxylic acid groups (broad SMARTS) is 1. The molecule has 0 aliphatic heterocycles. The van der Waals surface area contributed by atoms with Crippen molar-refractivity contribution < 1.29 is 19.4 Å². The van der Waals surface area contributed by atoms with Crippen LogP contribution in [0.4, 0.5) is 0 Å². The van der Waals surface area contributed by atoms with Crippen molar-refractivity contribution in [2.45, 2.75) is 12.5 Å². The molecule has 1 aromatic carbocycles. The minimum Gasteiger partial charge on any atom is -0.501 e. The summed E-state index contributed by atoms with van der Waals surface area (Å²) in [6, 6.07) is 9.61. The smallest absolute Gasteiger partial charge is 0.331 e. The van der Waals surface area contributed by atoms with E-state index in [-0.39, 0.29) is 6.10 Å². The van der Waals surface area contributed by atoms with Crippen molar-refractivity contribution in [3.63, 3.8) is 0 Å². The molecule has 0 radical (unpaired) electrons. The highest BCUT2D eigenvalue weighted by atomic mass is 16.5. The van der Waals surface area contributed by atoms with Crippen LogP contribution in [0, 0.1) is 0 Å². The van der Waals surface area contributed by atoms with Gasteiger partial charge in [-0.3, -0.25) is 0 Å². The first-order valence-corrected chi connectivity index (χ1v) is 5.22. The summed E-state index contributed by atoms with van der Waals surface area (Å²) in [5, 5.41) is 8.67. The maximum absolute atomic E-state index is 10.6. The Labute approximate surface area is 100 Å². The Morgan fingerprint density at radius 2 is 2.00 bits per heavy atom. The van der Waals surface area contributed by atoms with E-state index in [4.69, 9.17) is 14.6 Å². The lowest BCUT2D eigenvalue weighted by Crippen LogP contribution is -2.05. The molecule has 0 unspecified atom stereocenters. The molecule has 17 heavy (non-hydrogen) atoms. The maximum atomic E-state index is 10.6. The number of carboxylic acids is 1. The van der Waals surface area contributed by atoms with Crippen LogP contribution < -0.4 is 0 Å². The van der Waals surface area contributed by atoms with E-state index in [1.807, 2.05) is 30.3 Å². The van der Waals surface area contributed by atoms with Crippen molar-refractivity contribution in [1.82, 2.24) is 0 Å². The lowest BCUT2D eigenvalue weighted by Gasteiger charge is -2.16. The summed E-state index contributed by atoms with van der Waals surface area (Å²) in [6.07, 6.45) is 1.24. The Morgan fingerprint density at radius 3 is 2.47 bits per heavy atom. The van der Waals surface area contributed by atoms with Gasteiger partial charge in [0.2, 0.25) is 0 Å². The fourth-order valence-electron chi connectivity index (χ4n) is 1.53. The molecule has 4 heteroatoms. The molecular weight excluding hydrogens is 220 g/mol. The number of aliphatic carboxylic acids is 1. The molecular formula is C13H16O4. The molecule has 1 aromatic rings. The van der Waals surface area contributed by atoms with E-state index >= 15 is 0 Å². The maximum Gasteiger partial charge on any atom is 0.331 e. The van der Waals surface area contributed by atoms with Gasteiger partial charge in [-0.2, -0.15) is 0 Å². The van der Waals surface area contributed by atoms with Gasteiger partial charge < -0.3 is 14.6 Å². The summed E-state index contributed by atoms with van der Waals surface area (Å²) in [4.78, 5) is 10.6. The lowest BCUT2D eigenvalue weighted by atomic mass is 10.1. The van der Waals surface area contributed by atoms with Crippen LogP contribution in [0.2, 0.25) is 0 Å². The summed E-state index contributed by atoms with van der Waals surface area (Å²) in [5.74, 6) is -0.641. The van der Waals surface area contributed by atoms with Crippen LogP contribution in [0.15, 0.2) is 42.2 Å². The fraction of sp³-hybridized carbons (Fsp3) is 0.308. The standard InChI is InChI=1S/C13H16O4/c1-16-11(9-13(14)15)8-12(17-2)10-6-4-3-5-7-10/h3-7,9,12H,8H2,1-2H3,(H,14,15)/b11-9+/t12-/m0/s1. The molecule has 0 aliphatic rings. The van der Waals surface area contributed by atoms with Gasteiger partial charge in [-0.25, -0.2) is 4.79 Å². The number of ether oxygens (including phenoxy) is 2. The molecule has 0 aliphatic carbocycles. The van der Waals surface area contributed by atoms with Gasteiger partial charge in [0.05, 0.1) is 19.3 Å². The number of carbonyl (C=O) groups is 1. The Hall–Kier alpha value is -1.81. The topological polar surface area (TPSA) is 55.8 Å². The molecule has 0 aromatic heterocycles. The molecule has 0 bridgehead atoms. The van der Waals surface area contributed by atoms with E-state index < -0.39 is 5.97 Å². The van der Waals surface area contributed by atoms with Crippen molar-refractivity contribution >= 4 is 5.97 Å². The third-order valence-corrected chi connectivity index (χ3v) is 2.39. The second-order valence-electron chi connectivity index (χ2n) is 3.49. The molecule has 0 saturated heterocycles. The monoisotopic (exact) mass is 236 g/mol. The zero-order valence-electron chi connectivity index (χ0n) is 9.92. The highest BCUT2D eigenvalue weighted by Crippen LogP contribution is 2.24. The third-order valence-electron chi connectivity index (χ3n) is 2.39. The number of hydrogen-bond donors (Lipinski definition) is 1. The fourth-order valence-corrected chi connectivity index (χ4v) is 1.53. The number of benzene rings is 1. The molecule has 4 nitrogen and oxygen atoms in total. The Kier molecular flexibility index (Phi) is 5.23. The molecule has 0 saturated carbocycles. The summed E-state index contributed by atoms with van der Waals surface area (Å²) >= 11 is 0. The Morgan fingerprint density at radius 1 is 1.35 bits per heavy atom. The van der Waals surface area contributed by atoms with Crippen LogP contribution in [-0.2, 0) is 14.3 Å². The first-order valence-electron chi connectivity index (χ1n) is 5.22. The number of rotatable bonds is 6. The SMILES string of the molecule is CO/C(=C/C(=O)O)C[C@H](OC)c1ccccc1. The average molecular weight is 236 g/mol. The first kappa shape index (κ1) is 13.3. The summed E-state index contributed by atoms with van der Waals surface area (Å²) in [6.45, 7) is 0. The largest absolute Gasteiger partial charge is 0.501 e. The molecule has 0 spiro atoms. The van der Waals surface area contributed by atoms with Crippen molar-refractivity contribution in [2.24, 2.45) is 0 Å². The van der Waals surface area contributed by atoms with E-state index in [0.717, 1.165) is 11.6 Å². The molecule has 0 fully saturated rings. The van der Waals surface area contributed by atoms with Gasteiger partial charge in [-0.05, 0) is 5.56 Å². The highest BCUT2D eigenvalue weighted by molar-refractivity contribution is 5.80. The predicted octanol–water partition coefficient (Wildman–Crippen LogP) is 2.38. The van der Waals surface area contributed by atoms with E-state index in [9.17, 15) is 4.79 Å². The average Bonchev–Trinajstić information content (AvgIpc) is 2.35. The molecule has 0 heterocycles. The first-order chi connectivity index (χ1) is 8.17. The number of methoxy groups -OCH3 is 2.